The highest BCUT2D eigenvalue weighted by molar-refractivity contribution is 6.31. The Balaban J connectivity index is 2.81. The minimum Gasteiger partial charge on any atom is -0.370 e. The van der Waals surface area contributed by atoms with Crippen LogP contribution in [0.3, 0.4) is 0 Å². The maximum Gasteiger partial charge on any atom is 0.217 e. The van der Waals surface area contributed by atoms with Gasteiger partial charge in [0.2, 0.25) is 5.91 Å². The van der Waals surface area contributed by atoms with Crippen molar-refractivity contribution >= 4 is 17.5 Å². The summed E-state index contributed by atoms with van der Waals surface area (Å²) in [4.78, 5) is 10.7. The van der Waals surface area contributed by atoms with Crippen LogP contribution in [0.5, 0.6) is 0 Å². The predicted molar refractivity (Wildman–Crippen MR) is 65.9 cm³/mol. The maximum atomic E-state index is 13.1. The number of benzene rings is 1. The van der Waals surface area contributed by atoms with Crippen molar-refractivity contribution in [3.8, 4) is 0 Å². The lowest BCUT2D eigenvalue weighted by molar-refractivity contribution is -0.118. The smallest absolute Gasteiger partial charge is 0.217 e. The van der Waals surface area contributed by atoms with Gasteiger partial charge in [0.1, 0.15) is 0 Å². The summed E-state index contributed by atoms with van der Waals surface area (Å²) >= 11 is 5.81. The molecule has 0 heterocycles. The van der Waals surface area contributed by atoms with Gasteiger partial charge in [0.15, 0.2) is 11.6 Å². The van der Waals surface area contributed by atoms with Crippen LogP contribution in [0.1, 0.15) is 31.4 Å². The van der Waals surface area contributed by atoms with E-state index in [-0.39, 0.29) is 17.4 Å². The van der Waals surface area contributed by atoms with Gasteiger partial charge in [-0.15, -0.1) is 0 Å². The molecule has 0 saturated heterocycles. The molecule has 0 saturated carbocycles. The van der Waals surface area contributed by atoms with Gasteiger partial charge in [-0.05, 0) is 30.0 Å². The van der Waals surface area contributed by atoms with Gasteiger partial charge in [-0.3, -0.25) is 4.79 Å². The third-order valence-corrected chi connectivity index (χ3v) is 2.97. The van der Waals surface area contributed by atoms with Crippen LogP contribution in [-0.4, -0.2) is 5.91 Å². The number of amides is 1. The molecule has 6 heteroatoms. The van der Waals surface area contributed by atoms with E-state index in [0.29, 0.717) is 12.0 Å². The van der Waals surface area contributed by atoms with E-state index >= 15 is 0 Å². The Bertz CT molecular complexity index is 454. The summed E-state index contributed by atoms with van der Waals surface area (Å²) < 4.78 is 26.0. The summed E-state index contributed by atoms with van der Waals surface area (Å²) in [6.07, 6.45) is 0.600. The van der Waals surface area contributed by atoms with E-state index in [0.717, 1.165) is 12.1 Å². The largest absolute Gasteiger partial charge is 0.370 e. The molecular formula is C12H15ClF2N2O. The zero-order valence-electron chi connectivity index (χ0n) is 9.92. The summed E-state index contributed by atoms with van der Waals surface area (Å²) in [6.45, 7) is 1.80. The molecule has 4 N–H and O–H groups in total. The summed E-state index contributed by atoms with van der Waals surface area (Å²) in [6, 6.07) is 1.31. The monoisotopic (exact) mass is 276 g/mol. The molecule has 2 atom stereocenters. The van der Waals surface area contributed by atoms with Gasteiger partial charge >= 0.3 is 0 Å². The number of primary amides is 1. The van der Waals surface area contributed by atoms with Crippen molar-refractivity contribution in [3.05, 3.63) is 34.4 Å². The SMILES string of the molecule is CC(CC(N)=O)CC(N)c1cc(F)c(F)cc1Cl. The lowest BCUT2D eigenvalue weighted by Crippen LogP contribution is -2.20. The average Bonchev–Trinajstić information content (AvgIpc) is 2.21. The predicted octanol–water partition coefficient (Wildman–Crippen LogP) is 2.52. The molecule has 1 rings (SSSR count). The van der Waals surface area contributed by atoms with E-state index in [2.05, 4.69) is 0 Å². The first kappa shape index (κ1) is 14.9. The van der Waals surface area contributed by atoms with Crippen LogP contribution in [-0.2, 0) is 4.79 Å². The fourth-order valence-corrected chi connectivity index (χ4v) is 2.10. The van der Waals surface area contributed by atoms with E-state index in [1.807, 2.05) is 0 Å². The number of hydrogen-bond acceptors (Lipinski definition) is 2. The number of rotatable bonds is 5. The zero-order valence-corrected chi connectivity index (χ0v) is 10.7. The third kappa shape index (κ3) is 3.92. The number of halogens is 3. The van der Waals surface area contributed by atoms with E-state index in [9.17, 15) is 13.6 Å². The van der Waals surface area contributed by atoms with Gasteiger partial charge in [-0.2, -0.15) is 0 Å². The molecule has 0 aliphatic heterocycles. The molecule has 1 amide bonds. The summed E-state index contributed by atoms with van der Waals surface area (Å²) in [7, 11) is 0. The van der Waals surface area contributed by atoms with E-state index < -0.39 is 23.6 Å². The fraction of sp³-hybridized carbons (Fsp3) is 0.417. The van der Waals surface area contributed by atoms with Crippen molar-refractivity contribution in [1.29, 1.82) is 0 Å². The lowest BCUT2D eigenvalue weighted by Gasteiger charge is -2.18. The number of carbonyl (C=O) groups is 1. The Hall–Kier alpha value is -1.20. The molecule has 0 aliphatic carbocycles. The summed E-state index contributed by atoms with van der Waals surface area (Å²) in [5, 5.41) is 0.0766. The van der Waals surface area contributed by atoms with Crippen LogP contribution in [0.15, 0.2) is 12.1 Å². The van der Waals surface area contributed by atoms with E-state index in [1.165, 1.54) is 0 Å². The normalized spacial score (nSPS) is 14.3. The number of hydrogen-bond donors (Lipinski definition) is 2. The highest BCUT2D eigenvalue weighted by Crippen LogP contribution is 2.28. The molecule has 1 aromatic rings. The second-order valence-electron chi connectivity index (χ2n) is 4.41. The van der Waals surface area contributed by atoms with Crippen molar-refractivity contribution in [2.75, 3.05) is 0 Å². The fourth-order valence-electron chi connectivity index (χ4n) is 1.81. The quantitative estimate of drug-likeness (QED) is 0.812. The highest BCUT2D eigenvalue weighted by Gasteiger charge is 2.18. The van der Waals surface area contributed by atoms with Crippen LogP contribution in [0, 0.1) is 17.6 Å². The van der Waals surface area contributed by atoms with Crippen molar-refractivity contribution in [3.63, 3.8) is 0 Å². The van der Waals surface area contributed by atoms with Gasteiger partial charge in [0.05, 0.1) is 0 Å². The molecule has 3 nitrogen and oxygen atoms in total. The Morgan fingerprint density at radius 1 is 1.39 bits per heavy atom. The Labute approximate surface area is 109 Å². The molecule has 1 aromatic carbocycles. The van der Waals surface area contributed by atoms with Crippen molar-refractivity contribution in [2.24, 2.45) is 17.4 Å². The van der Waals surface area contributed by atoms with Crippen molar-refractivity contribution in [1.82, 2.24) is 0 Å². The molecule has 0 spiro atoms. The van der Waals surface area contributed by atoms with Crippen LogP contribution in [0.2, 0.25) is 5.02 Å². The second kappa shape index (κ2) is 6.11. The first-order chi connectivity index (χ1) is 8.31. The van der Waals surface area contributed by atoms with Gasteiger partial charge in [-0.25, -0.2) is 8.78 Å². The minimum absolute atomic E-state index is 0.0540. The molecule has 0 bridgehead atoms. The van der Waals surface area contributed by atoms with Crippen LogP contribution >= 0.6 is 11.6 Å². The molecule has 0 fully saturated rings. The Morgan fingerprint density at radius 3 is 2.50 bits per heavy atom. The van der Waals surface area contributed by atoms with E-state index in [4.69, 9.17) is 23.1 Å². The average molecular weight is 277 g/mol. The second-order valence-corrected chi connectivity index (χ2v) is 4.81. The molecular weight excluding hydrogens is 262 g/mol. The maximum absolute atomic E-state index is 13.1. The highest BCUT2D eigenvalue weighted by atomic mass is 35.5. The molecule has 0 aromatic heterocycles. The van der Waals surface area contributed by atoms with Gasteiger partial charge in [0, 0.05) is 17.5 Å². The molecule has 0 radical (unpaired) electrons. The van der Waals surface area contributed by atoms with Crippen LogP contribution in [0.4, 0.5) is 8.78 Å². The summed E-state index contributed by atoms with van der Waals surface area (Å²) in [5.74, 6) is -2.48. The Morgan fingerprint density at radius 2 is 1.94 bits per heavy atom. The first-order valence-corrected chi connectivity index (χ1v) is 5.87. The lowest BCUT2D eigenvalue weighted by atomic mass is 9.94. The van der Waals surface area contributed by atoms with Crippen molar-refractivity contribution < 1.29 is 13.6 Å². The molecule has 18 heavy (non-hydrogen) atoms. The Kier molecular flexibility index (Phi) is 5.04. The van der Waals surface area contributed by atoms with E-state index in [1.54, 1.807) is 6.92 Å². The van der Waals surface area contributed by atoms with Crippen molar-refractivity contribution in [2.45, 2.75) is 25.8 Å². The topological polar surface area (TPSA) is 69.1 Å². The molecule has 100 valence electrons. The van der Waals surface area contributed by atoms with Crippen LogP contribution in [0.25, 0.3) is 0 Å². The summed E-state index contributed by atoms with van der Waals surface area (Å²) in [5.41, 5.74) is 11.3. The van der Waals surface area contributed by atoms with Gasteiger partial charge < -0.3 is 11.5 Å². The first-order valence-electron chi connectivity index (χ1n) is 5.49. The molecule has 0 aliphatic rings. The zero-order chi connectivity index (χ0) is 13.9. The molecule has 2 unspecified atom stereocenters. The van der Waals surface area contributed by atoms with Gasteiger partial charge in [0.25, 0.3) is 0 Å². The number of carbonyl (C=O) groups excluding carboxylic acids is 1. The minimum atomic E-state index is -1.01. The standard InChI is InChI=1S/C12H15ClF2N2O/c1-6(3-12(17)18)2-11(16)7-4-9(14)10(15)5-8(7)13/h4-6,11H,2-3,16H2,1H3,(H2,17,18). The number of nitrogens with two attached hydrogens (primary N) is 2. The van der Waals surface area contributed by atoms with Gasteiger partial charge in [-0.1, -0.05) is 18.5 Å². The third-order valence-electron chi connectivity index (χ3n) is 2.65. The van der Waals surface area contributed by atoms with Crippen LogP contribution < -0.4 is 11.5 Å².